The van der Waals surface area contributed by atoms with Gasteiger partial charge in [-0.3, -0.25) is 0 Å². The first-order chi connectivity index (χ1) is 6.76. The van der Waals surface area contributed by atoms with Gasteiger partial charge in [0.2, 0.25) is 0 Å². The van der Waals surface area contributed by atoms with Crippen molar-refractivity contribution in [2.24, 2.45) is 5.92 Å². The fourth-order valence-electron chi connectivity index (χ4n) is 1.94. The number of hydrogen-bond donors (Lipinski definition) is 1. The molecule has 0 aliphatic carbocycles. The molecule has 1 aliphatic heterocycles. The summed E-state index contributed by atoms with van der Waals surface area (Å²) in [4.78, 5) is 2.53. The smallest absolute Gasteiger partial charge is 0.0161 e. The number of rotatable bonds is 6. The topological polar surface area (TPSA) is 15.3 Å². The number of hydrogen-bond acceptors (Lipinski definition) is 2. The van der Waals surface area contributed by atoms with Crippen LogP contribution in [0.2, 0.25) is 0 Å². The molecule has 1 fully saturated rings. The summed E-state index contributed by atoms with van der Waals surface area (Å²) in [5.74, 6) is 0.861. The molecule has 1 saturated heterocycles. The normalized spacial score (nSPS) is 22.9. The maximum Gasteiger partial charge on any atom is 0.0161 e. The summed E-state index contributed by atoms with van der Waals surface area (Å²) in [5.41, 5.74) is 1.32. The molecule has 14 heavy (non-hydrogen) atoms. The molecule has 0 aromatic heterocycles. The summed E-state index contributed by atoms with van der Waals surface area (Å²) in [6.07, 6.45) is 2.46. The Morgan fingerprint density at radius 1 is 1.50 bits per heavy atom. The van der Waals surface area contributed by atoms with Crippen LogP contribution in [0.3, 0.4) is 0 Å². The van der Waals surface area contributed by atoms with Crippen LogP contribution in [0, 0.1) is 5.92 Å². The van der Waals surface area contributed by atoms with Crippen molar-refractivity contribution in [3.63, 3.8) is 0 Å². The molecular formula is C12H24N2. The van der Waals surface area contributed by atoms with E-state index in [0.29, 0.717) is 0 Å². The largest absolute Gasteiger partial charge is 0.313 e. The van der Waals surface area contributed by atoms with Crippen molar-refractivity contribution in [1.29, 1.82) is 0 Å². The highest BCUT2D eigenvalue weighted by atomic mass is 15.1. The standard InChI is InChI=1S/C12H24N2/c1-4-11(3)8-13-9-12-6-7-14(5-2)10-12/h12-13H,3-10H2,1-2H3. The molecule has 0 amide bonds. The van der Waals surface area contributed by atoms with E-state index in [-0.39, 0.29) is 0 Å². The minimum absolute atomic E-state index is 0.861. The van der Waals surface area contributed by atoms with Crippen molar-refractivity contribution < 1.29 is 0 Å². The van der Waals surface area contributed by atoms with Gasteiger partial charge in [-0.1, -0.05) is 26.0 Å². The maximum atomic E-state index is 4.00. The highest BCUT2D eigenvalue weighted by Gasteiger charge is 2.20. The Kier molecular flexibility index (Phi) is 5.20. The molecule has 1 N–H and O–H groups in total. The SMILES string of the molecule is C=C(CC)CNCC1CCN(CC)C1. The Labute approximate surface area is 88.4 Å². The van der Waals surface area contributed by atoms with Gasteiger partial charge >= 0.3 is 0 Å². The van der Waals surface area contributed by atoms with Crippen LogP contribution in [-0.4, -0.2) is 37.6 Å². The fraction of sp³-hybridized carbons (Fsp3) is 0.833. The molecule has 1 rings (SSSR count). The van der Waals surface area contributed by atoms with Gasteiger partial charge in [-0.25, -0.2) is 0 Å². The number of nitrogens with one attached hydrogen (secondary N) is 1. The first-order valence-electron chi connectivity index (χ1n) is 5.86. The maximum absolute atomic E-state index is 4.00. The Morgan fingerprint density at radius 2 is 2.29 bits per heavy atom. The molecule has 0 aromatic carbocycles. The molecule has 1 aliphatic rings. The summed E-state index contributed by atoms with van der Waals surface area (Å²) in [6.45, 7) is 14.3. The lowest BCUT2D eigenvalue weighted by Gasteiger charge is -2.14. The molecule has 0 bridgehead atoms. The minimum Gasteiger partial charge on any atom is -0.313 e. The van der Waals surface area contributed by atoms with Crippen molar-refractivity contribution in [3.05, 3.63) is 12.2 Å². The van der Waals surface area contributed by atoms with Crippen LogP contribution in [0.25, 0.3) is 0 Å². The lowest BCUT2D eigenvalue weighted by atomic mass is 10.1. The zero-order valence-corrected chi connectivity index (χ0v) is 9.68. The van der Waals surface area contributed by atoms with E-state index in [1.54, 1.807) is 0 Å². The van der Waals surface area contributed by atoms with Gasteiger partial charge in [0.1, 0.15) is 0 Å². The Morgan fingerprint density at radius 3 is 2.86 bits per heavy atom. The summed E-state index contributed by atoms with van der Waals surface area (Å²) in [6, 6.07) is 0. The van der Waals surface area contributed by atoms with E-state index in [2.05, 4.69) is 30.6 Å². The number of nitrogens with zero attached hydrogens (tertiary/aromatic N) is 1. The number of likely N-dealkylation sites (tertiary alicyclic amines) is 1. The Bertz CT molecular complexity index is 177. The Balaban J connectivity index is 2.05. The van der Waals surface area contributed by atoms with Crippen LogP contribution < -0.4 is 5.32 Å². The van der Waals surface area contributed by atoms with Crippen LogP contribution >= 0.6 is 0 Å². The minimum atomic E-state index is 0.861. The van der Waals surface area contributed by atoms with Crippen LogP contribution in [0.15, 0.2) is 12.2 Å². The van der Waals surface area contributed by atoms with Crippen molar-refractivity contribution in [3.8, 4) is 0 Å². The molecule has 82 valence electrons. The van der Waals surface area contributed by atoms with E-state index in [1.165, 1.54) is 31.6 Å². The van der Waals surface area contributed by atoms with E-state index in [0.717, 1.165) is 25.4 Å². The molecular weight excluding hydrogens is 172 g/mol. The van der Waals surface area contributed by atoms with Crippen molar-refractivity contribution in [1.82, 2.24) is 10.2 Å². The fourth-order valence-corrected chi connectivity index (χ4v) is 1.94. The highest BCUT2D eigenvalue weighted by molar-refractivity contribution is 4.95. The predicted octanol–water partition coefficient (Wildman–Crippen LogP) is 1.88. The monoisotopic (exact) mass is 196 g/mol. The van der Waals surface area contributed by atoms with Gasteiger partial charge in [-0.05, 0) is 38.4 Å². The quantitative estimate of drug-likeness (QED) is 0.653. The van der Waals surface area contributed by atoms with Crippen molar-refractivity contribution in [2.75, 3.05) is 32.7 Å². The average Bonchev–Trinajstić information content (AvgIpc) is 2.65. The summed E-state index contributed by atoms with van der Waals surface area (Å²) >= 11 is 0. The van der Waals surface area contributed by atoms with Crippen LogP contribution in [0.4, 0.5) is 0 Å². The zero-order valence-electron chi connectivity index (χ0n) is 9.68. The van der Waals surface area contributed by atoms with E-state index in [9.17, 15) is 0 Å². The second-order valence-electron chi connectivity index (χ2n) is 4.28. The molecule has 2 nitrogen and oxygen atoms in total. The average molecular weight is 196 g/mol. The molecule has 0 radical (unpaired) electrons. The lowest BCUT2D eigenvalue weighted by Crippen LogP contribution is -2.27. The van der Waals surface area contributed by atoms with Crippen LogP contribution in [-0.2, 0) is 0 Å². The molecule has 1 atom stereocenters. The van der Waals surface area contributed by atoms with Crippen LogP contribution in [0.1, 0.15) is 26.7 Å². The summed E-state index contributed by atoms with van der Waals surface area (Å²) in [5, 5.41) is 3.50. The van der Waals surface area contributed by atoms with Gasteiger partial charge in [-0.2, -0.15) is 0 Å². The second kappa shape index (κ2) is 6.20. The summed E-state index contributed by atoms with van der Waals surface area (Å²) < 4.78 is 0. The molecule has 0 saturated carbocycles. The van der Waals surface area contributed by atoms with Crippen molar-refractivity contribution >= 4 is 0 Å². The van der Waals surface area contributed by atoms with E-state index in [1.807, 2.05) is 0 Å². The van der Waals surface area contributed by atoms with E-state index in [4.69, 9.17) is 0 Å². The second-order valence-corrected chi connectivity index (χ2v) is 4.28. The molecule has 1 heterocycles. The third-order valence-corrected chi connectivity index (χ3v) is 3.13. The van der Waals surface area contributed by atoms with Gasteiger partial charge in [0.25, 0.3) is 0 Å². The lowest BCUT2D eigenvalue weighted by molar-refractivity contribution is 0.339. The van der Waals surface area contributed by atoms with E-state index >= 15 is 0 Å². The van der Waals surface area contributed by atoms with Gasteiger partial charge < -0.3 is 10.2 Å². The first-order valence-corrected chi connectivity index (χ1v) is 5.86. The van der Waals surface area contributed by atoms with E-state index < -0.39 is 0 Å². The highest BCUT2D eigenvalue weighted by Crippen LogP contribution is 2.14. The van der Waals surface area contributed by atoms with Gasteiger partial charge in [0.15, 0.2) is 0 Å². The third kappa shape index (κ3) is 3.81. The summed E-state index contributed by atoms with van der Waals surface area (Å²) in [7, 11) is 0. The first kappa shape index (κ1) is 11.7. The molecule has 0 aromatic rings. The van der Waals surface area contributed by atoms with Crippen LogP contribution in [0.5, 0.6) is 0 Å². The van der Waals surface area contributed by atoms with Gasteiger partial charge in [0.05, 0.1) is 0 Å². The van der Waals surface area contributed by atoms with Gasteiger partial charge in [-0.15, -0.1) is 0 Å². The molecule has 0 spiro atoms. The molecule has 2 heteroatoms. The van der Waals surface area contributed by atoms with Gasteiger partial charge in [0, 0.05) is 13.1 Å². The molecule has 1 unspecified atom stereocenters. The predicted molar refractivity (Wildman–Crippen MR) is 62.5 cm³/mol. The van der Waals surface area contributed by atoms with Crippen molar-refractivity contribution in [2.45, 2.75) is 26.7 Å². The Hall–Kier alpha value is -0.340. The zero-order chi connectivity index (χ0) is 10.4. The third-order valence-electron chi connectivity index (χ3n) is 3.13.